The van der Waals surface area contributed by atoms with Gasteiger partial charge in [0.25, 0.3) is 5.56 Å². The zero-order valence-electron chi connectivity index (χ0n) is 14.3. The van der Waals surface area contributed by atoms with Crippen molar-refractivity contribution in [3.63, 3.8) is 0 Å². The second kappa shape index (κ2) is 7.84. The van der Waals surface area contributed by atoms with Crippen molar-refractivity contribution in [2.45, 2.75) is 0 Å². The van der Waals surface area contributed by atoms with Crippen LogP contribution in [0.5, 0.6) is 0 Å². The molecule has 0 fully saturated rings. The monoisotopic (exact) mass is 382 g/mol. The molecule has 0 saturated carbocycles. The third-order valence-electron chi connectivity index (χ3n) is 3.57. The van der Waals surface area contributed by atoms with Gasteiger partial charge in [0.15, 0.2) is 11.6 Å². The maximum absolute atomic E-state index is 12.1. The number of nitrogens with one attached hydrogen (secondary N) is 1. The second-order valence-corrected chi connectivity index (χ2v) is 6.14. The van der Waals surface area contributed by atoms with Crippen molar-refractivity contribution in [3.05, 3.63) is 81.3 Å². The number of ketones is 1. The Bertz CT molecular complexity index is 1160. The zero-order valence-corrected chi connectivity index (χ0v) is 15.0. The van der Waals surface area contributed by atoms with E-state index in [4.69, 9.17) is 11.6 Å². The van der Waals surface area contributed by atoms with Gasteiger partial charge in [0.1, 0.15) is 12.1 Å². The summed E-state index contributed by atoms with van der Waals surface area (Å²) in [6, 6.07) is 6.77. The number of hydrogen-bond donors (Lipinski definition) is 2. The standard InChI is InChI=1S/C19H15ClN4O3/c1-24-11-21-18(23-24)7-5-16(26)10-15(25)4-2-12-8-13-9-14(20)3-6-17(13)22-19(12)27/h2-11,25H,1H3,(H,22,27)/b4-2+,7-5+,15-10-. The highest BCUT2D eigenvalue weighted by atomic mass is 35.5. The highest BCUT2D eigenvalue weighted by Gasteiger charge is 2.02. The van der Waals surface area contributed by atoms with Gasteiger partial charge in [-0.3, -0.25) is 14.3 Å². The average molecular weight is 383 g/mol. The highest BCUT2D eigenvalue weighted by molar-refractivity contribution is 6.31. The van der Waals surface area contributed by atoms with Crippen molar-refractivity contribution >= 4 is 40.4 Å². The van der Waals surface area contributed by atoms with Gasteiger partial charge in [0.05, 0.1) is 0 Å². The quantitative estimate of drug-likeness (QED) is 0.401. The fourth-order valence-corrected chi connectivity index (χ4v) is 2.50. The normalized spacial score (nSPS) is 12.4. The summed E-state index contributed by atoms with van der Waals surface area (Å²) in [5, 5.41) is 15.2. The maximum Gasteiger partial charge on any atom is 0.255 e. The van der Waals surface area contributed by atoms with E-state index in [0.717, 1.165) is 11.5 Å². The molecule has 136 valence electrons. The van der Waals surface area contributed by atoms with E-state index in [1.807, 2.05) is 0 Å². The summed E-state index contributed by atoms with van der Waals surface area (Å²) >= 11 is 5.96. The van der Waals surface area contributed by atoms with Crippen LogP contribution in [0.1, 0.15) is 11.4 Å². The smallest absolute Gasteiger partial charge is 0.255 e. The van der Waals surface area contributed by atoms with Crippen LogP contribution in [0.2, 0.25) is 5.02 Å². The van der Waals surface area contributed by atoms with Crippen molar-refractivity contribution in [3.8, 4) is 0 Å². The number of nitrogens with zero attached hydrogens (tertiary/aromatic N) is 3. The number of hydrogen-bond acceptors (Lipinski definition) is 5. The highest BCUT2D eigenvalue weighted by Crippen LogP contribution is 2.17. The van der Waals surface area contributed by atoms with Crippen LogP contribution in [0.25, 0.3) is 23.1 Å². The fourth-order valence-electron chi connectivity index (χ4n) is 2.32. The molecule has 0 aliphatic carbocycles. The topological polar surface area (TPSA) is 101 Å². The van der Waals surface area contributed by atoms with Crippen LogP contribution in [-0.4, -0.2) is 30.6 Å². The largest absolute Gasteiger partial charge is 0.508 e. The molecule has 8 heteroatoms. The first-order chi connectivity index (χ1) is 12.9. The van der Waals surface area contributed by atoms with Gasteiger partial charge in [-0.15, -0.1) is 0 Å². The lowest BCUT2D eigenvalue weighted by Crippen LogP contribution is -2.08. The number of carbonyl (C=O) groups is 1. The minimum absolute atomic E-state index is 0.288. The van der Waals surface area contributed by atoms with Crippen LogP contribution in [-0.2, 0) is 11.8 Å². The third kappa shape index (κ3) is 4.80. The second-order valence-electron chi connectivity index (χ2n) is 5.70. The van der Waals surface area contributed by atoms with Crippen LogP contribution in [0.3, 0.4) is 0 Å². The van der Waals surface area contributed by atoms with E-state index in [2.05, 4.69) is 15.1 Å². The lowest BCUT2D eigenvalue weighted by molar-refractivity contribution is -0.110. The van der Waals surface area contributed by atoms with Crippen molar-refractivity contribution in [2.24, 2.45) is 7.05 Å². The van der Waals surface area contributed by atoms with Crippen LogP contribution in [0.15, 0.2) is 59.4 Å². The van der Waals surface area contributed by atoms with Gasteiger partial charge in [-0.05, 0) is 48.6 Å². The number of aromatic amines is 1. The first-order valence-corrected chi connectivity index (χ1v) is 8.27. The number of aryl methyl sites for hydroxylation is 1. The molecule has 3 aromatic rings. The van der Waals surface area contributed by atoms with Crippen molar-refractivity contribution < 1.29 is 9.90 Å². The summed E-state index contributed by atoms with van der Waals surface area (Å²) in [5.41, 5.74) is 0.663. The number of fused-ring (bicyclic) bond motifs is 1. The van der Waals surface area contributed by atoms with Crippen LogP contribution in [0, 0.1) is 0 Å². The van der Waals surface area contributed by atoms with Crippen LogP contribution >= 0.6 is 11.6 Å². The number of carbonyl (C=O) groups excluding carboxylic acids is 1. The fraction of sp³-hybridized carbons (Fsp3) is 0.0526. The minimum Gasteiger partial charge on any atom is -0.508 e. The molecule has 0 aliphatic rings. The summed E-state index contributed by atoms with van der Waals surface area (Å²) in [7, 11) is 1.71. The Morgan fingerprint density at radius 1 is 1.26 bits per heavy atom. The molecule has 0 spiro atoms. The molecule has 3 rings (SSSR count). The number of aliphatic hydroxyl groups is 1. The summed E-state index contributed by atoms with van der Waals surface area (Å²) in [6.45, 7) is 0. The van der Waals surface area contributed by atoms with Crippen LogP contribution in [0.4, 0.5) is 0 Å². The number of pyridine rings is 1. The SMILES string of the molecule is Cn1cnc(/C=C/C(=O)/C=C(O)/C=C/c2cc3cc(Cl)ccc3[nH]c2=O)n1. The Balaban J connectivity index is 1.76. The first kappa shape index (κ1) is 18.3. The molecule has 7 nitrogen and oxygen atoms in total. The summed E-state index contributed by atoms with van der Waals surface area (Å²) < 4.78 is 1.51. The van der Waals surface area contributed by atoms with Crippen LogP contribution < -0.4 is 5.56 Å². The lowest BCUT2D eigenvalue weighted by Gasteiger charge is -2.00. The van der Waals surface area contributed by atoms with E-state index in [1.54, 1.807) is 31.3 Å². The number of rotatable bonds is 5. The number of halogens is 1. The molecule has 0 aliphatic heterocycles. The van der Waals surface area contributed by atoms with E-state index in [0.29, 0.717) is 21.9 Å². The summed E-state index contributed by atoms with van der Waals surface area (Å²) in [4.78, 5) is 30.6. The summed E-state index contributed by atoms with van der Waals surface area (Å²) in [5.74, 6) is -0.344. The molecule has 1 aromatic carbocycles. The molecular weight excluding hydrogens is 368 g/mol. The van der Waals surface area contributed by atoms with Gasteiger partial charge >= 0.3 is 0 Å². The Labute approximate surface area is 158 Å². The molecular formula is C19H15ClN4O3. The average Bonchev–Trinajstić information content (AvgIpc) is 3.04. The molecule has 0 unspecified atom stereocenters. The minimum atomic E-state index is -0.441. The molecule has 0 radical (unpaired) electrons. The number of aliphatic hydroxyl groups excluding tert-OH is 1. The molecule has 0 amide bonds. The van der Waals surface area contributed by atoms with Gasteiger partial charge in [-0.1, -0.05) is 11.6 Å². The van der Waals surface area contributed by atoms with Gasteiger partial charge in [-0.25, -0.2) is 4.98 Å². The van der Waals surface area contributed by atoms with Crippen molar-refractivity contribution in [2.75, 3.05) is 0 Å². The Morgan fingerprint density at radius 2 is 2.07 bits per heavy atom. The summed E-state index contributed by atoms with van der Waals surface area (Å²) in [6.07, 6.45) is 7.91. The zero-order chi connectivity index (χ0) is 19.4. The van der Waals surface area contributed by atoms with E-state index >= 15 is 0 Å². The predicted molar refractivity (Wildman–Crippen MR) is 104 cm³/mol. The van der Waals surface area contributed by atoms with Gasteiger partial charge in [-0.2, -0.15) is 5.10 Å². The number of aromatic nitrogens is 4. The van der Waals surface area contributed by atoms with E-state index in [9.17, 15) is 14.7 Å². The molecule has 2 N–H and O–H groups in total. The Kier molecular flexibility index (Phi) is 5.33. The molecule has 0 bridgehead atoms. The molecule has 27 heavy (non-hydrogen) atoms. The molecule has 0 saturated heterocycles. The van der Waals surface area contributed by atoms with Crippen molar-refractivity contribution in [1.29, 1.82) is 0 Å². The first-order valence-electron chi connectivity index (χ1n) is 7.90. The molecule has 2 heterocycles. The maximum atomic E-state index is 12.1. The van der Waals surface area contributed by atoms with Crippen molar-refractivity contribution in [1.82, 2.24) is 19.7 Å². The predicted octanol–water partition coefficient (Wildman–Crippen LogP) is 3.05. The van der Waals surface area contributed by atoms with Gasteiger partial charge in [0, 0.05) is 34.6 Å². The Hall–Kier alpha value is -3.45. The molecule has 0 atom stereocenters. The molecule has 2 aromatic heterocycles. The van der Waals surface area contributed by atoms with E-state index in [-0.39, 0.29) is 11.3 Å². The van der Waals surface area contributed by atoms with Gasteiger partial charge < -0.3 is 10.1 Å². The Morgan fingerprint density at radius 3 is 2.81 bits per heavy atom. The number of allylic oxidation sites excluding steroid dienone is 3. The van der Waals surface area contributed by atoms with E-state index < -0.39 is 5.78 Å². The lowest BCUT2D eigenvalue weighted by atomic mass is 10.1. The third-order valence-corrected chi connectivity index (χ3v) is 3.81. The van der Waals surface area contributed by atoms with E-state index in [1.165, 1.54) is 35.3 Å². The van der Waals surface area contributed by atoms with Gasteiger partial charge in [0.2, 0.25) is 0 Å². The number of H-pyrrole nitrogens is 1. The number of benzene rings is 1.